The predicted octanol–water partition coefficient (Wildman–Crippen LogP) is 5.88. The Bertz CT molecular complexity index is 1190. The lowest BCUT2D eigenvalue weighted by molar-refractivity contribution is 0.0743. The molecule has 2 aromatic carbocycles. The number of nitrogens with zero attached hydrogens (tertiary/aromatic N) is 2. The molecule has 3 nitrogen and oxygen atoms in total. The number of rotatable bonds is 1. The number of hydrogen-bond acceptors (Lipinski definition) is 2. The number of benzene rings is 2. The van der Waals surface area contributed by atoms with Gasteiger partial charge in [0.25, 0.3) is 5.91 Å². The standard InChI is InChI=1S/C27H25ClN2O/c1-18-4-2-5-22(16-18)27(31)30-14-11-19(12-15-30)25-24-10-9-23(28)17-21(24)8-7-20-6-3-13-29-26(20)25/h2-6,9-10,13,16-17H,7-8,11-12,14-15H2,1H3. The van der Waals surface area contributed by atoms with Crippen molar-refractivity contribution >= 4 is 23.1 Å². The van der Waals surface area contributed by atoms with Gasteiger partial charge in [0, 0.05) is 35.4 Å². The molecule has 4 heteroatoms. The highest BCUT2D eigenvalue weighted by Crippen LogP contribution is 2.38. The molecule has 0 spiro atoms. The summed E-state index contributed by atoms with van der Waals surface area (Å²) < 4.78 is 0. The summed E-state index contributed by atoms with van der Waals surface area (Å²) in [5.41, 5.74) is 9.44. The van der Waals surface area contributed by atoms with Gasteiger partial charge in [0.05, 0.1) is 5.69 Å². The molecule has 1 aliphatic heterocycles. The molecule has 1 aliphatic carbocycles. The fourth-order valence-electron chi connectivity index (χ4n) is 4.82. The molecule has 156 valence electrons. The SMILES string of the molecule is Cc1cccc(C(=O)N2CCC(=C3c4ccc(Cl)cc4CCc4cccnc43)CC2)c1. The molecule has 5 rings (SSSR count). The molecular formula is C27H25ClN2O. The predicted molar refractivity (Wildman–Crippen MR) is 125 cm³/mol. The highest BCUT2D eigenvalue weighted by Gasteiger charge is 2.27. The Morgan fingerprint density at radius 2 is 1.74 bits per heavy atom. The Morgan fingerprint density at radius 3 is 2.55 bits per heavy atom. The lowest BCUT2D eigenvalue weighted by Gasteiger charge is -2.30. The van der Waals surface area contributed by atoms with Gasteiger partial charge in [0.1, 0.15) is 0 Å². The molecule has 0 atom stereocenters. The summed E-state index contributed by atoms with van der Waals surface area (Å²) in [4.78, 5) is 19.8. The minimum absolute atomic E-state index is 0.124. The third kappa shape index (κ3) is 3.90. The maximum absolute atomic E-state index is 13.0. The van der Waals surface area contributed by atoms with Crippen LogP contribution in [0.3, 0.4) is 0 Å². The number of aryl methyl sites for hydroxylation is 3. The van der Waals surface area contributed by atoms with Gasteiger partial charge in [-0.1, -0.05) is 47.0 Å². The second-order valence-corrected chi connectivity index (χ2v) is 8.89. The monoisotopic (exact) mass is 428 g/mol. The van der Waals surface area contributed by atoms with Gasteiger partial charge < -0.3 is 4.90 Å². The fourth-order valence-corrected chi connectivity index (χ4v) is 5.02. The van der Waals surface area contributed by atoms with Crippen molar-refractivity contribution in [1.29, 1.82) is 0 Å². The number of likely N-dealkylation sites (tertiary alicyclic amines) is 1. The number of pyridine rings is 1. The molecule has 1 amide bonds. The normalized spacial score (nSPS) is 15.9. The van der Waals surface area contributed by atoms with Crippen molar-refractivity contribution in [2.45, 2.75) is 32.6 Å². The third-order valence-corrected chi connectivity index (χ3v) is 6.64. The van der Waals surface area contributed by atoms with Crippen LogP contribution >= 0.6 is 11.6 Å². The second kappa shape index (κ2) is 8.32. The van der Waals surface area contributed by atoms with E-state index in [9.17, 15) is 4.79 Å². The van der Waals surface area contributed by atoms with Crippen LogP contribution in [-0.2, 0) is 12.8 Å². The Kier molecular flexibility index (Phi) is 5.37. The van der Waals surface area contributed by atoms with Crippen LogP contribution in [0.25, 0.3) is 5.57 Å². The van der Waals surface area contributed by atoms with Crippen molar-refractivity contribution in [3.05, 3.63) is 105 Å². The van der Waals surface area contributed by atoms with Crippen LogP contribution in [0.4, 0.5) is 0 Å². The van der Waals surface area contributed by atoms with E-state index in [2.05, 4.69) is 18.2 Å². The average molecular weight is 429 g/mol. The summed E-state index contributed by atoms with van der Waals surface area (Å²) in [6, 6.07) is 18.3. The van der Waals surface area contributed by atoms with Gasteiger partial charge in [-0.3, -0.25) is 9.78 Å². The first-order valence-electron chi connectivity index (χ1n) is 10.9. The Labute approximate surface area is 188 Å². The molecular weight excluding hydrogens is 404 g/mol. The molecule has 31 heavy (non-hydrogen) atoms. The van der Waals surface area contributed by atoms with E-state index in [1.807, 2.05) is 54.4 Å². The van der Waals surface area contributed by atoms with Gasteiger partial charge in [-0.05, 0) is 79.6 Å². The molecule has 1 fully saturated rings. The van der Waals surface area contributed by atoms with Crippen molar-refractivity contribution in [2.24, 2.45) is 0 Å². The average Bonchev–Trinajstić information content (AvgIpc) is 2.95. The number of fused-ring (bicyclic) bond motifs is 2. The summed E-state index contributed by atoms with van der Waals surface area (Å²) in [5, 5.41) is 0.778. The number of piperidine rings is 1. The van der Waals surface area contributed by atoms with Crippen LogP contribution in [-0.4, -0.2) is 28.9 Å². The number of carbonyl (C=O) groups is 1. The molecule has 1 saturated heterocycles. The lowest BCUT2D eigenvalue weighted by Crippen LogP contribution is -2.36. The minimum Gasteiger partial charge on any atom is -0.338 e. The van der Waals surface area contributed by atoms with E-state index in [1.165, 1.54) is 27.8 Å². The van der Waals surface area contributed by atoms with Gasteiger partial charge in [-0.25, -0.2) is 0 Å². The van der Waals surface area contributed by atoms with Crippen LogP contribution in [0.15, 0.2) is 66.4 Å². The number of aromatic nitrogens is 1. The smallest absolute Gasteiger partial charge is 0.253 e. The van der Waals surface area contributed by atoms with Crippen LogP contribution in [0, 0.1) is 6.92 Å². The zero-order valence-electron chi connectivity index (χ0n) is 17.7. The maximum atomic E-state index is 13.0. The molecule has 0 unspecified atom stereocenters. The summed E-state index contributed by atoms with van der Waals surface area (Å²) in [5.74, 6) is 0.124. The van der Waals surface area contributed by atoms with Gasteiger partial charge >= 0.3 is 0 Å². The highest BCUT2D eigenvalue weighted by molar-refractivity contribution is 6.30. The molecule has 1 aromatic heterocycles. The first-order chi connectivity index (χ1) is 15.1. The number of hydrogen-bond donors (Lipinski definition) is 0. The van der Waals surface area contributed by atoms with E-state index < -0.39 is 0 Å². The quantitative estimate of drug-likeness (QED) is 0.484. The second-order valence-electron chi connectivity index (χ2n) is 8.45. The van der Waals surface area contributed by atoms with E-state index >= 15 is 0 Å². The zero-order chi connectivity index (χ0) is 21.4. The van der Waals surface area contributed by atoms with Gasteiger partial charge in [0.2, 0.25) is 0 Å². The number of amides is 1. The van der Waals surface area contributed by atoms with Gasteiger partial charge in [0.15, 0.2) is 0 Å². The molecule has 3 aromatic rings. The van der Waals surface area contributed by atoms with E-state index in [-0.39, 0.29) is 5.91 Å². The summed E-state index contributed by atoms with van der Waals surface area (Å²) >= 11 is 6.32. The van der Waals surface area contributed by atoms with Crippen LogP contribution in [0.5, 0.6) is 0 Å². The Morgan fingerprint density at radius 1 is 0.935 bits per heavy atom. The maximum Gasteiger partial charge on any atom is 0.253 e. The van der Waals surface area contributed by atoms with E-state index in [4.69, 9.17) is 16.6 Å². The molecule has 0 radical (unpaired) electrons. The molecule has 2 heterocycles. The van der Waals surface area contributed by atoms with E-state index in [0.29, 0.717) is 0 Å². The van der Waals surface area contributed by atoms with Gasteiger partial charge in [-0.2, -0.15) is 0 Å². The first kappa shape index (κ1) is 20.0. The van der Waals surface area contributed by atoms with Crippen LogP contribution < -0.4 is 0 Å². The van der Waals surface area contributed by atoms with E-state index in [0.717, 1.165) is 60.6 Å². The largest absolute Gasteiger partial charge is 0.338 e. The van der Waals surface area contributed by atoms with Crippen LogP contribution in [0.2, 0.25) is 5.02 Å². The molecule has 0 N–H and O–H groups in total. The van der Waals surface area contributed by atoms with Crippen molar-refractivity contribution < 1.29 is 4.79 Å². The first-order valence-corrected chi connectivity index (χ1v) is 11.3. The highest BCUT2D eigenvalue weighted by atomic mass is 35.5. The topological polar surface area (TPSA) is 33.2 Å². The van der Waals surface area contributed by atoms with Crippen LogP contribution in [0.1, 0.15) is 51.1 Å². The zero-order valence-corrected chi connectivity index (χ0v) is 18.5. The minimum atomic E-state index is 0.124. The fraction of sp³-hybridized carbons (Fsp3) is 0.259. The Hall–Kier alpha value is -2.91. The summed E-state index contributed by atoms with van der Waals surface area (Å²) in [7, 11) is 0. The van der Waals surface area contributed by atoms with Crippen molar-refractivity contribution in [3.63, 3.8) is 0 Å². The molecule has 0 bridgehead atoms. The number of halogens is 1. The summed E-state index contributed by atoms with van der Waals surface area (Å²) in [6.07, 6.45) is 5.54. The van der Waals surface area contributed by atoms with E-state index in [1.54, 1.807) is 0 Å². The number of carbonyl (C=O) groups excluding carboxylic acids is 1. The molecule has 2 aliphatic rings. The van der Waals surface area contributed by atoms with Crippen molar-refractivity contribution in [1.82, 2.24) is 9.88 Å². The third-order valence-electron chi connectivity index (χ3n) is 6.40. The van der Waals surface area contributed by atoms with Crippen molar-refractivity contribution in [2.75, 3.05) is 13.1 Å². The Balaban J connectivity index is 1.50. The van der Waals surface area contributed by atoms with Crippen molar-refractivity contribution in [3.8, 4) is 0 Å². The summed E-state index contributed by atoms with van der Waals surface area (Å²) in [6.45, 7) is 3.49. The van der Waals surface area contributed by atoms with Gasteiger partial charge in [-0.15, -0.1) is 0 Å². The lowest BCUT2D eigenvalue weighted by atomic mass is 9.88. The molecule has 0 saturated carbocycles.